The van der Waals surface area contributed by atoms with Crippen LogP contribution in [0.4, 0.5) is 13.2 Å². The second-order valence-corrected chi connectivity index (χ2v) is 15.0. The third-order valence-electron chi connectivity index (χ3n) is 8.20. The lowest BCUT2D eigenvalue weighted by molar-refractivity contribution is -0.274. The van der Waals surface area contributed by atoms with Gasteiger partial charge >= 0.3 is 6.36 Å². The first-order valence-corrected chi connectivity index (χ1v) is 15.5. The van der Waals surface area contributed by atoms with Gasteiger partial charge in [0.1, 0.15) is 11.5 Å². The highest BCUT2D eigenvalue weighted by molar-refractivity contribution is 6.92. The van der Waals surface area contributed by atoms with Gasteiger partial charge in [-0.25, -0.2) is 0 Å². The molecule has 0 aromatic heterocycles. The predicted molar refractivity (Wildman–Crippen MR) is 133 cm³/mol. The van der Waals surface area contributed by atoms with Crippen molar-refractivity contribution in [2.75, 3.05) is 6.61 Å². The Kier molecular flexibility index (Phi) is 8.28. The maximum atomic E-state index is 12.3. The molecular weight excluding hydrogens is 453 g/mol. The van der Waals surface area contributed by atoms with Crippen LogP contribution in [0.3, 0.4) is 0 Å². The molecular formula is C28H37F3O2Si. The van der Waals surface area contributed by atoms with E-state index in [1.165, 1.54) is 75.2 Å². The average molecular weight is 491 g/mol. The minimum absolute atomic E-state index is 0.217. The summed E-state index contributed by atoms with van der Waals surface area (Å²) in [4.78, 5) is 0. The highest BCUT2D eigenvalue weighted by Crippen LogP contribution is 2.44. The average Bonchev–Trinajstić information content (AvgIpc) is 2.84. The largest absolute Gasteiger partial charge is 0.573 e. The van der Waals surface area contributed by atoms with E-state index in [4.69, 9.17) is 4.74 Å². The van der Waals surface area contributed by atoms with Crippen LogP contribution in [0.2, 0.25) is 18.1 Å². The maximum Gasteiger partial charge on any atom is 0.573 e. The molecule has 1 saturated carbocycles. The van der Waals surface area contributed by atoms with E-state index in [2.05, 4.69) is 42.0 Å². The molecule has 0 N–H and O–H groups in total. The van der Waals surface area contributed by atoms with Crippen molar-refractivity contribution in [2.24, 2.45) is 17.8 Å². The van der Waals surface area contributed by atoms with E-state index in [1.54, 1.807) is 17.3 Å². The fourth-order valence-electron chi connectivity index (χ4n) is 6.40. The van der Waals surface area contributed by atoms with Crippen LogP contribution in [0, 0.1) is 17.8 Å². The molecule has 2 nitrogen and oxygen atoms in total. The summed E-state index contributed by atoms with van der Waals surface area (Å²) in [5.41, 5.74) is 0. The molecule has 0 amide bonds. The predicted octanol–water partition coefficient (Wildman–Crippen LogP) is 7.95. The van der Waals surface area contributed by atoms with Crippen molar-refractivity contribution in [3.63, 3.8) is 0 Å². The monoisotopic (exact) mass is 490 g/mol. The van der Waals surface area contributed by atoms with Crippen molar-refractivity contribution >= 4 is 13.3 Å². The Hall–Kier alpha value is -1.95. The Morgan fingerprint density at radius 1 is 0.794 bits per heavy atom. The van der Waals surface area contributed by atoms with E-state index in [0.717, 1.165) is 11.8 Å². The molecule has 0 radical (unpaired) electrons. The summed E-state index contributed by atoms with van der Waals surface area (Å²) in [6.45, 7) is 2.98. The second-order valence-electron chi connectivity index (χ2n) is 10.3. The molecule has 0 bridgehead atoms. The molecule has 1 saturated heterocycles. The van der Waals surface area contributed by atoms with E-state index in [-0.39, 0.29) is 5.75 Å². The molecule has 2 aromatic carbocycles. The minimum Gasteiger partial charge on any atom is -0.493 e. The standard InChI is InChI=1S/C28H37F3O2Si/c1-2-18-34(27-6-4-3-5-7-27)19-16-24(17-20-34)23-10-8-22(9-11-23)21-32-25-12-14-26(15-13-25)33-28(29,30)31/h3-7,12-15,22-24H,2,8-11,16-21H2,1H3/t22?,23?,24-,34+. The number of benzene rings is 2. The van der Waals surface area contributed by atoms with Crippen LogP contribution in [0.5, 0.6) is 11.5 Å². The van der Waals surface area contributed by atoms with E-state index < -0.39 is 14.4 Å². The zero-order chi connectivity index (χ0) is 24.0. The van der Waals surface area contributed by atoms with Crippen LogP contribution >= 0.6 is 0 Å². The van der Waals surface area contributed by atoms with Crippen LogP contribution in [0.15, 0.2) is 54.6 Å². The summed E-state index contributed by atoms with van der Waals surface area (Å²) < 4.78 is 46.7. The van der Waals surface area contributed by atoms with Crippen LogP contribution in [-0.2, 0) is 0 Å². The summed E-state index contributed by atoms with van der Waals surface area (Å²) in [6.07, 6.45) is 4.38. The maximum absolute atomic E-state index is 12.3. The molecule has 4 rings (SSSR count). The van der Waals surface area contributed by atoms with Crippen LogP contribution < -0.4 is 14.7 Å². The molecule has 2 fully saturated rings. The van der Waals surface area contributed by atoms with Gasteiger partial charge in [-0.05, 0) is 67.7 Å². The van der Waals surface area contributed by atoms with Crippen molar-refractivity contribution in [3.8, 4) is 11.5 Å². The summed E-state index contributed by atoms with van der Waals surface area (Å²) in [7, 11) is -1.34. The molecule has 0 unspecified atom stereocenters. The minimum atomic E-state index is -4.67. The quantitative estimate of drug-likeness (QED) is 0.350. The fourth-order valence-corrected chi connectivity index (χ4v) is 11.7. The Labute approximate surface area is 202 Å². The van der Waals surface area contributed by atoms with Gasteiger partial charge in [-0.15, -0.1) is 13.2 Å². The van der Waals surface area contributed by atoms with Crippen molar-refractivity contribution < 1.29 is 22.6 Å². The van der Waals surface area contributed by atoms with Gasteiger partial charge in [0.2, 0.25) is 0 Å². The van der Waals surface area contributed by atoms with E-state index >= 15 is 0 Å². The van der Waals surface area contributed by atoms with Crippen LogP contribution in [0.1, 0.15) is 51.9 Å². The van der Waals surface area contributed by atoms with Gasteiger partial charge in [-0.3, -0.25) is 0 Å². The number of halogens is 3. The molecule has 0 spiro atoms. The third kappa shape index (κ3) is 6.59. The van der Waals surface area contributed by atoms with Crippen molar-refractivity contribution in [1.82, 2.24) is 0 Å². The molecule has 0 atom stereocenters. The summed E-state index contributed by atoms with van der Waals surface area (Å²) in [5.74, 6) is 2.64. The topological polar surface area (TPSA) is 18.5 Å². The summed E-state index contributed by atoms with van der Waals surface area (Å²) in [5, 5.41) is 1.68. The zero-order valence-electron chi connectivity index (χ0n) is 20.2. The first-order chi connectivity index (χ1) is 16.4. The summed E-state index contributed by atoms with van der Waals surface area (Å²) in [6, 6.07) is 21.4. The first kappa shape index (κ1) is 25.1. The number of alkyl halides is 3. The Bertz CT molecular complexity index is 869. The number of hydrogen-bond donors (Lipinski definition) is 0. The van der Waals surface area contributed by atoms with Crippen molar-refractivity contribution in [2.45, 2.75) is 76.4 Å². The zero-order valence-corrected chi connectivity index (χ0v) is 21.2. The highest BCUT2D eigenvalue weighted by atomic mass is 28.3. The lowest BCUT2D eigenvalue weighted by Gasteiger charge is -2.43. The van der Waals surface area contributed by atoms with Crippen LogP contribution in [-0.4, -0.2) is 21.0 Å². The van der Waals surface area contributed by atoms with Gasteiger partial charge in [0.25, 0.3) is 0 Å². The number of rotatable bonds is 8. The van der Waals surface area contributed by atoms with Crippen molar-refractivity contribution in [1.29, 1.82) is 0 Å². The third-order valence-corrected chi connectivity index (χ3v) is 13.7. The van der Waals surface area contributed by atoms with Gasteiger partial charge in [0, 0.05) is 0 Å². The van der Waals surface area contributed by atoms with Gasteiger partial charge in [0.05, 0.1) is 14.7 Å². The molecule has 1 aliphatic carbocycles. The van der Waals surface area contributed by atoms with Gasteiger partial charge in [-0.2, -0.15) is 0 Å². The molecule has 6 heteroatoms. The SMILES string of the molecule is CCC[Si@]1(c2ccccc2)CC[C@@H](C2CCC(COc3ccc(OC(F)(F)F)cc3)CC2)CC1. The molecule has 1 heterocycles. The number of hydrogen-bond acceptors (Lipinski definition) is 2. The van der Waals surface area contributed by atoms with E-state index in [0.29, 0.717) is 18.3 Å². The molecule has 186 valence electrons. The number of ether oxygens (including phenoxy) is 2. The fraction of sp³-hybridized carbons (Fsp3) is 0.571. The smallest absolute Gasteiger partial charge is 0.493 e. The van der Waals surface area contributed by atoms with E-state index in [1.807, 2.05) is 0 Å². The molecule has 1 aliphatic heterocycles. The normalized spacial score (nSPS) is 27.8. The van der Waals surface area contributed by atoms with Gasteiger partial charge in [0.15, 0.2) is 0 Å². The van der Waals surface area contributed by atoms with Crippen LogP contribution in [0.25, 0.3) is 0 Å². The highest BCUT2D eigenvalue weighted by Gasteiger charge is 2.40. The lowest BCUT2D eigenvalue weighted by Crippen LogP contribution is -2.50. The molecule has 34 heavy (non-hydrogen) atoms. The Balaban J connectivity index is 1.22. The second kappa shape index (κ2) is 11.2. The lowest BCUT2D eigenvalue weighted by atomic mass is 9.74. The van der Waals surface area contributed by atoms with E-state index in [9.17, 15) is 13.2 Å². The first-order valence-electron chi connectivity index (χ1n) is 12.9. The van der Waals surface area contributed by atoms with Crippen molar-refractivity contribution in [3.05, 3.63) is 54.6 Å². The van der Waals surface area contributed by atoms with Gasteiger partial charge in [-0.1, -0.05) is 79.8 Å². The Morgan fingerprint density at radius 3 is 1.97 bits per heavy atom. The Morgan fingerprint density at radius 2 is 1.38 bits per heavy atom. The molecule has 2 aliphatic rings. The summed E-state index contributed by atoms with van der Waals surface area (Å²) >= 11 is 0. The van der Waals surface area contributed by atoms with Gasteiger partial charge < -0.3 is 9.47 Å². The molecule has 2 aromatic rings.